The highest BCUT2D eigenvalue weighted by Crippen LogP contribution is 2.11. The van der Waals surface area contributed by atoms with E-state index in [-0.39, 0.29) is 25.0 Å². The van der Waals surface area contributed by atoms with E-state index in [0.717, 1.165) is 5.56 Å². The van der Waals surface area contributed by atoms with Crippen LogP contribution >= 0.6 is 23.5 Å². The molecule has 11 nitrogen and oxygen atoms in total. The lowest BCUT2D eigenvalue weighted by Crippen LogP contribution is -2.60. The van der Waals surface area contributed by atoms with E-state index < -0.39 is 54.0 Å². The van der Waals surface area contributed by atoms with Crippen molar-refractivity contribution >= 4 is 47.2 Å². The summed E-state index contributed by atoms with van der Waals surface area (Å²) < 4.78 is 0. The molecule has 1 aromatic carbocycles. The lowest BCUT2D eigenvalue weighted by atomic mass is 10.0. The van der Waals surface area contributed by atoms with Crippen molar-refractivity contribution in [3.8, 4) is 5.75 Å². The van der Waals surface area contributed by atoms with Gasteiger partial charge in [-0.2, -0.15) is 23.5 Å². The number of benzene rings is 1. The summed E-state index contributed by atoms with van der Waals surface area (Å²) in [6.45, 7) is 1.30. The molecule has 13 heteroatoms. The summed E-state index contributed by atoms with van der Waals surface area (Å²) in [6, 6.07) is 1.63. The quantitative estimate of drug-likeness (QED) is 0.145. The Kier molecular flexibility index (Phi) is 14.3. The van der Waals surface area contributed by atoms with Crippen molar-refractivity contribution in [2.75, 3.05) is 24.0 Å². The minimum Gasteiger partial charge on any atom is -0.508 e. The van der Waals surface area contributed by atoms with Gasteiger partial charge < -0.3 is 37.0 Å². The van der Waals surface area contributed by atoms with Crippen LogP contribution in [0.4, 0.5) is 0 Å². The topological polar surface area (TPSA) is 191 Å². The Hall–Kier alpha value is -2.48. The van der Waals surface area contributed by atoms with E-state index >= 15 is 0 Å². The number of aliphatic hydroxyl groups excluding tert-OH is 1. The molecule has 0 spiro atoms. The first-order valence-corrected chi connectivity index (χ1v) is 14.1. The lowest BCUT2D eigenvalue weighted by Gasteiger charge is -2.26. The van der Waals surface area contributed by atoms with Crippen molar-refractivity contribution in [1.82, 2.24) is 16.0 Å². The number of amides is 3. The van der Waals surface area contributed by atoms with Crippen molar-refractivity contribution in [1.29, 1.82) is 0 Å². The minimum absolute atomic E-state index is 0.0844. The molecule has 5 atom stereocenters. The number of carbonyl (C=O) groups excluding carboxylic acids is 3. The maximum Gasteiger partial charge on any atom is 0.326 e. The van der Waals surface area contributed by atoms with Gasteiger partial charge in [0.15, 0.2) is 0 Å². The van der Waals surface area contributed by atoms with E-state index in [1.54, 1.807) is 18.4 Å². The van der Waals surface area contributed by atoms with Gasteiger partial charge in [-0.15, -0.1) is 0 Å². The molecule has 36 heavy (non-hydrogen) atoms. The van der Waals surface area contributed by atoms with Gasteiger partial charge in [0.2, 0.25) is 17.7 Å². The summed E-state index contributed by atoms with van der Waals surface area (Å²) in [4.78, 5) is 49.9. The van der Waals surface area contributed by atoms with E-state index in [9.17, 15) is 34.5 Å². The summed E-state index contributed by atoms with van der Waals surface area (Å²) in [6.07, 6.45) is 2.91. The first-order valence-electron chi connectivity index (χ1n) is 11.3. The normalized spacial score (nSPS) is 15.1. The second-order valence-corrected chi connectivity index (χ2v) is 10.2. The van der Waals surface area contributed by atoms with Crippen LogP contribution < -0.4 is 21.7 Å². The number of thioether (sulfide) groups is 2. The summed E-state index contributed by atoms with van der Waals surface area (Å²) in [5.41, 5.74) is 6.74. The van der Waals surface area contributed by atoms with Gasteiger partial charge >= 0.3 is 5.97 Å². The number of rotatable bonds is 16. The Bertz CT molecular complexity index is 871. The molecule has 0 aromatic heterocycles. The number of phenolic OH excluding ortho intramolecular Hbond substituents is 1. The predicted molar refractivity (Wildman–Crippen MR) is 141 cm³/mol. The SMILES string of the molecule is CSCCC(NC(=O)C(NC(=O)C(CCSC)NC(=O)C(N)Cc1ccc(O)cc1)C(C)O)C(=O)O. The number of phenols is 1. The molecule has 0 aliphatic heterocycles. The highest BCUT2D eigenvalue weighted by atomic mass is 32.2. The van der Waals surface area contributed by atoms with Gasteiger partial charge in [-0.1, -0.05) is 12.1 Å². The fraction of sp³-hybridized carbons (Fsp3) is 0.565. The van der Waals surface area contributed by atoms with Gasteiger partial charge in [0.25, 0.3) is 0 Å². The van der Waals surface area contributed by atoms with Crippen molar-refractivity contribution in [3.05, 3.63) is 29.8 Å². The standard InChI is InChI=1S/C23H36N4O7S2/c1-13(28)19(22(32)26-18(23(33)34)9-11-36-3)27-21(31)17(8-10-35-2)25-20(30)16(24)12-14-4-6-15(29)7-5-14/h4-7,13,16-19,28-29H,8-12,24H2,1-3H3,(H,25,30)(H,26,32)(H,27,31)(H,33,34). The van der Waals surface area contributed by atoms with E-state index in [2.05, 4.69) is 16.0 Å². The summed E-state index contributed by atoms with van der Waals surface area (Å²) in [5.74, 6) is -2.24. The molecule has 0 heterocycles. The highest BCUT2D eigenvalue weighted by Gasteiger charge is 2.32. The van der Waals surface area contributed by atoms with E-state index in [0.29, 0.717) is 11.5 Å². The number of nitrogens with one attached hydrogen (secondary N) is 3. The lowest BCUT2D eigenvalue weighted by molar-refractivity contribution is -0.143. The third kappa shape index (κ3) is 11.1. The van der Waals surface area contributed by atoms with Crippen molar-refractivity contribution in [3.63, 3.8) is 0 Å². The zero-order chi connectivity index (χ0) is 27.3. The zero-order valence-electron chi connectivity index (χ0n) is 20.6. The molecule has 0 aliphatic carbocycles. The van der Waals surface area contributed by atoms with Crippen LogP contribution in [0.1, 0.15) is 25.3 Å². The van der Waals surface area contributed by atoms with Gasteiger partial charge in [0.1, 0.15) is 23.9 Å². The molecule has 1 rings (SSSR count). The molecule has 0 saturated carbocycles. The molecule has 3 amide bonds. The van der Waals surface area contributed by atoms with Crippen molar-refractivity contribution in [2.24, 2.45) is 5.73 Å². The number of aliphatic hydroxyl groups is 1. The molecule has 8 N–H and O–H groups in total. The number of carboxylic acids is 1. The number of aromatic hydroxyl groups is 1. The van der Waals surface area contributed by atoms with Crippen molar-refractivity contribution in [2.45, 2.75) is 56.5 Å². The van der Waals surface area contributed by atoms with Gasteiger partial charge in [-0.25, -0.2) is 4.79 Å². The van der Waals surface area contributed by atoms with Crippen LogP contribution in [0.2, 0.25) is 0 Å². The molecule has 0 fully saturated rings. The van der Waals surface area contributed by atoms with Crippen LogP contribution in [-0.2, 0) is 25.6 Å². The largest absolute Gasteiger partial charge is 0.508 e. The average molecular weight is 545 g/mol. The van der Waals surface area contributed by atoms with Crippen LogP contribution in [0.25, 0.3) is 0 Å². The molecule has 5 unspecified atom stereocenters. The maximum absolute atomic E-state index is 13.0. The summed E-state index contributed by atoms with van der Waals surface area (Å²) in [7, 11) is 0. The molecule has 1 aromatic rings. The fourth-order valence-electron chi connectivity index (χ4n) is 3.18. The minimum atomic E-state index is -1.42. The van der Waals surface area contributed by atoms with Gasteiger partial charge in [0, 0.05) is 0 Å². The Morgan fingerprint density at radius 1 is 0.889 bits per heavy atom. The number of carboxylic acid groups (broad SMARTS) is 1. The number of aliphatic carboxylic acids is 1. The number of hydrogen-bond acceptors (Lipinski definition) is 9. The van der Waals surface area contributed by atoms with Crippen LogP contribution in [0.3, 0.4) is 0 Å². The Balaban J connectivity index is 2.89. The monoisotopic (exact) mass is 544 g/mol. The first-order chi connectivity index (χ1) is 17.0. The van der Waals surface area contributed by atoms with Gasteiger partial charge in [-0.05, 0) is 67.9 Å². The Morgan fingerprint density at radius 2 is 1.42 bits per heavy atom. The van der Waals surface area contributed by atoms with Crippen LogP contribution in [0, 0.1) is 0 Å². The second kappa shape index (κ2) is 16.3. The highest BCUT2D eigenvalue weighted by molar-refractivity contribution is 7.98. The van der Waals surface area contributed by atoms with Gasteiger partial charge in [-0.3, -0.25) is 14.4 Å². The van der Waals surface area contributed by atoms with E-state index in [4.69, 9.17) is 5.73 Å². The maximum atomic E-state index is 13.0. The number of hydrogen-bond donors (Lipinski definition) is 7. The van der Waals surface area contributed by atoms with Gasteiger partial charge in [0.05, 0.1) is 12.1 Å². The number of carbonyl (C=O) groups is 4. The zero-order valence-corrected chi connectivity index (χ0v) is 22.2. The average Bonchev–Trinajstić information content (AvgIpc) is 2.83. The summed E-state index contributed by atoms with van der Waals surface area (Å²) in [5, 5.41) is 36.3. The molecule has 0 aliphatic rings. The Morgan fingerprint density at radius 3 is 1.92 bits per heavy atom. The third-order valence-corrected chi connectivity index (χ3v) is 6.55. The van der Waals surface area contributed by atoms with Crippen LogP contribution in [-0.4, -0.2) is 93.3 Å². The number of nitrogens with two attached hydrogens (primary N) is 1. The Labute approximate surface area is 219 Å². The predicted octanol–water partition coefficient (Wildman–Crippen LogP) is -0.312. The van der Waals surface area contributed by atoms with Crippen molar-refractivity contribution < 1.29 is 34.5 Å². The van der Waals surface area contributed by atoms with E-state index in [1.807, 2.05) is 6.26 Å². The molecule has 0 saturated heterocycles. The van der Waals surface area contributed by atoms with Crippen LogP contribution in [0.15, 0.2) is 24.3 Å². The van der Waals surface area contributed by atoms with Crippen LogP contribution in [0.5, 0.6) is 5.75 Å². The fourth-order valence-corrected chi connectivity index (χ4v) is 4.12. The van der Waals surface area contributed by atoms with E-state index in [1.165, 1.54) is 42.6 Å². The smallest absolute Gasteiger partial charge is 0.326 e. The molecule has 0 bridgehead atoms. The third-order valence-electron chi connectivity index (χ3n) is 5.26. The molecular weight excluding hydrogens is 508 g/mol. The first kappa shape index (κ1) is 31.5. The molecule has 202 valence electrons. The molecular formula is C23H36N4O7S2. The molecule has 0 radical (unpaired) electrons. The second-order valence-electron chi connectivity index (χ2n) is 8.23. The summed E-state index contributed by atoms with van der Waals surface area (Å²) >= 11 is 2.88.